The smallest absolute Gasteiger partial charge is 0.123 e. The van der Waals surface area contributed by atoms with Crippen molar-refractivity contribution in [2.75, 3.05) is 7.11 Å². The van der Waals surface area contributed by atoms with Crippen LogP contribution in [0.5, 0.6) is 5.75 Å². The van der Waals surface area contributed by atoms with Gasteiger partial charge in [-0.15, -0.1) is 6.42 Å². The standard InChI is InChI=1S/C15H11FO/c1-3-11-10-14(17-2)7-8-15(11)12-5-4-6-13(16)9-12/h1,4-10H,2H3. The van der Waals surface area contributed by atoms with Crippen molar-refractivity contribution in [3.05, 3.63) is 53.8 Å². The van der Waals surface area contributed by atoms with Crippen molar-refractivity contribution in [3.63, 3.8) is 0 Å². The van der Waals surface area contributed by atoms with Crippen LogP contribution in [0.25, 0.3) is 11.1 Å². The monoisotopic (exact) mass is 226 g/mol. The molecule has 0 aliphatic carbocycles. The normalized spacial score (nSPS) is 9.71. The number of halogens is 1. The highest BCUT2D eigenvalue weighted by Crippen LogP contribution is 2.27. The van der Waals surface area contributed by atoms with E-state index in [-0.39, 0.29) is 5.82 Å². The molecule has 0 aliphatic heterocycles. The van der Waals surface area contributed by atoms with Gasteiger partial charge < -0.3 is 4.74 Å². The number of rotatable bonds is 2. The third kappa shape index (κ3) is 2.29. The van der Waals surface area contributed by atoms with Gasteiger partial charge in [0.05, 0.1) is 7.11 Å². The third-order valence-electron chi connectivity index (χ3n) is 2.52. The lowest BCUT2D eigenvalue weighted by Crippen LogP contribution is -1.88. The first kappa shape index (κ1) is 11.2. The minimum absolute atomic E-state index is 0.277. The predicted molar refractivity (Wildman–Crippen MR) is 66.3 cm³/mol. The van der Waals surface area contributed by atoms with E-state index < -0.39 is 0 Å². The topological polar surface area (TPSA) is 9.23 Å². The van der Waals surface area contributed by atoms with Crippen molar-refractivity contribution >= 4 is 0 Å². The number of terminal acetylenes is 1. The third-order valence-corrected chi connectivity index (χ3v) is 2.52. The molecule has 0 aliphatic rings. The molecular formula is C15H11FO. The van der Waals surface area contributed by atoms with Gasteiger partial charge in [-0.25, -0.2) is 4.39 Å². The molecule has 0 atom stereocenters. The van der Waals surface area contributed by atoms with Crippen molar-refractivity contribution in [3.8, 4) is 29.2 Å². The van der Waals surface area contributed by atoms with Gasteiger partial charge in [0, 0.05) is 5.56 Å². The average Bonchev–Trinajstić information content (AvgIpc) is 2.38. The van der Waals surface area contributed by atoms with E-state index in [9.17, 15) is 4.39 Å². The van der Waals surface area contributed by atoms with Gasteiger partial charge in [-0.3, -0.25) is 0 Å². The van der Waals surface area contributed by atoms with Crippen LogP contribution in [0.3, 0.4) is 0 Å². The van der Waals surface area contributed by atoms with Crippen LogP contribution in [0, 0.1) is 18.2 Å². The first-order valence-electron chi connectivity index (χ1n) is 5.15. The van der Waals surface area contributed by atoms with E-state index in [0.717, 1.165) is 11.1 Å². The van der Waals surface area contributed by atoms with Crippen LogP contribution in [0.15, 0.2) is 42.5 Å². The van der Waals surface area contributed by atoms with Crippen LogP contribution in [0.4, 0.5) is 4.39 Å². The number of ether oxygens (including phenoxy) is 1. The SMILES string of the molecule is C#Cc1cc(OC)ccc1-c1cccc(F)c1. The van der Waals surface area contributed by atoms with Gasteiger partial charge in [0.25, 0.3) is 0 Å². The maximum Gasteiger partial charge on any atom is 0.123 e. The summed E-state index contributed by atoms with van der Waals surface area (Å²) in [5.41, 5.74) is 2.28. The number of hydrogen-bond donors (Lipinski definition) is 0. The molecule has 2 rings (SSSR count). The first-order valence-corrected chi connectivity index (χ1v) is 5.15. The molecule has 2 aromatic rings. The Bertz CT molecular complexity index is 582. The summed E-state index contributed by atoms with van der Waals surface area (Å²) in [5, 5.41) is 0. The van der Waals surface area contributed by atoms with E-state index in [1.165, 1.54) is 12.1 Å². The molecule has 0 heterocycles. The maximum absolute atomic E-state index is 13.2. The van der Waals surface area contributed by atoms with Crippen LogP contribution in [0.1, 0.15) is 5.56 Å². The van der Waals surface area contributed by atoms with Crippen LogP contribution in [-0.2, 0) is 0 Å². The summed E-state index contributed by atoms with van der Waals surface area (Å²) in [6, 6.07) is 11.8. The minimum Gasteiger partial charge on any atom is -0.497 e. The van der Waals surface area contributed by atoms with Crippen LogP contribution in [-0.4, -0.2) is 7.11 Å². The zero-order valence-electron chi connectivity index (χ0n) is 9.41. The average molecular weight is 226 g/mol. The maximum atomic E-state index is 13.2. The lowest BCUT2D eigenvalue weighted by molar-refractivity contribution is 0.415. The van der Waals surface area contributed by atoms with E-state index in [1.807, 2.05) is 12.1 Å². The lowest BCUT2D eigenvalue weighted by Gasteiger charge is -2.07. The molecule has 1 nitrogen and oxygen atoms in total. The molecule has 17 heavy (non-hydrogen) atoms. The van der Waals surface area contributed by atoms with Crippen molar-refractivity contribution < 1.29 is 9.13 Å². The van der Waals surface area contributed by atoms with Gasteiger partial charge >= 0.3 is 0 Å². The summed E-state index contributed by atoms with van der Waals surface area (Å²) in [6.45, 7) is 0. The fraction of sp³-hybridized carbons (Fsp3) is 0.0667. The Labute approximate surface area is 99.9 Å². The Morgan fingerprint density at radius 3 is 2.65 bits per heavy atom. The molecule has 0 bridgehead atoms. The molecule has 0 spiro atoms. The molecule has 84 valence electrons. The largest absolute Gasteiger partial charge is 0.497 e. The Morgan fingerprint density at radius 2 is 2.00 bits per heavy atom. The highest BCUT2D eigenvalue weighted by atomic mass is 19.1. The Morgan fingerprint density at radius 1 is 1.18 bits per heavy atom. The number of benzene rings is 2. The second-order valence-electron chi connectivity index (χ2n) is 3.57. The molecule has 0 saturated carbocycles. The van der Waals surface area contributed by atoms with Gasteiger partial charge in [0.2, 0.25) is 0 Å². The second kappa shape index (κ2) is 4.71. The summed E-state index contributed by atoms with van der Waals surface area (Å²) in [6.07, 6.45) is 5.45. The number of hydrogen-bond acceptors (Lipinski definition) is 1. The fourth-order valence-electron chi connectivity index (χ4n) is 1.68. The van der Waals surface area contributed by atoms with Crippen molar-refractivity contribution in [1.29, 1.82) is 0 Å². The molecular weight excluding hydrogens is 215 g/mol. The fourth-order valence-corrected chi connectivity index (χ4v) is 1.68. The molecule has 2 aromatic carbocycles. The van der Waals surface area contributed by atoms with Gasteiger partial charge in [0.1, 0.15) is 11.6 Å². The van der Waals surface area contributed by atoms with E-state index in [2.05, 4.69) is 5.92 Å². The van der Waals surface area contributed by atoms with Gasteiger partial charge in [-0.2, -0.15) is 0 Å². The first-order chi connectivity index (χ1) is 8.24. The quantitative estimate of drug-likeness (QED) is 0.712. The van der Waals surface area contributed by atoms with Crippen LogP contribution < -0.4 is 4.74 Å². The molecule has 0 N–H and O–H groups in total. The predicted octanol–water partition coefficient (Wildman–Crippen LogP) is 3.48. The summed E-state index contributed by atoms with van der Waals surface area (Å²) >= 11 is 0. The summed E-state index contributed by atoms with van der Waals surface area (Å²) in [5.74, 6) is 3.00. The second-order valence-corrected chi connectivity index (χ2v) is 3.57. The highest BCUT2D eigenvalue weighted by Gasteiger charge is 2.05. The van der Waals surface area contributed by atoms with Crippen molar-refractivity contribution in [2.45, 2.75) is 0 Å². The summed E-state index contributed by atoms with van der Waals surface area (Å²) in [7, 11) is 1.58. The Hall–Kier alpha value is -2.27. The van der Waals surface area contributed by atoms with Gasteiger partial charge in [-0.1, -0.05) is 18.1 Å². The van der Waals surface area contributed by atoms with Crippen LogP contribution >= 0.6 is 0 Å². The van der Waals surface area contributed by atoms with Gasteiger partial charge in [-0.05, 0) is 41.5 Å². The van der Waals surface area contributed by atoms with E-state index in [4.69, 9.17) is 11.2 Å². The molecule has 0 saturated heterocycles. The molecule has 0 fully saturated rings. The van der Waals surface area contributed by atoms with E-state index in [1.54, 1.807) is 25.3 Å². The van der Waals surface area contributed by atoms with E-state index in [0.29, 0.717) is 11.3 Å². The minimum atomic E-state index is -0.277. The van der Waals surface area contributed by atoms with Gasteiger partial charge in [0.15, 0.2) is 0 Å². The molecule has 2 heteroatoms. The summed E-state index contributed by atoms with van der Waals surface area (Å²) in [4.78, 5) is 0. The van der Waals surface area contributed by atoms with Crippen molar-refractivity contribution in [1.82, 2.24) is 0 Å². The molecule has 0 unspecified atom stereocenters. The molecule has 0 amide bonds. The van der Waals surface area contributed by atoms with Crippen molar-refractivity contribution in [2.24, 2.45) is 0 Å². The molecule has 0 aromatic heterocycles. The highest BCUT2D eigenvalue weighted by molar-refractivity contribution is 5.72. The number of methoxy groups -OCH3 is 1. The zero-order chi connectivity index (χ0) is 12.3. The Kier molecular flexibility index (Phi) is 3.11. The van der Waals surface area contributed by atoms with Crippen LogP contribution in [0.2, 0.25) is 0 Å². The zero-order valence-corrected chi connectivity index (χ0v) is 9.41. The summed E-state index contributed by atoms with van der Waals surface area (Å²) < 4.78 is 18.3. The van der Waals surface area contributed by atoms with E-state index >= 15 is 0 Å². The molecule has 0 radical (unpaired) electrons. The lowest BCUT2D eigenvalue weighted by atomic mass is 10.00. The Balaban J connectivity index is 2.56.